The van der Waals surface area contributed by atoms with Gasteiger partial charge in [-0.05, 0) is 44.0 Å². The number of carbonyl (C=O) groups is 2. The Balaban J connectivity index is 1.80. The molecule has 2 fully saturated rings. The van der Waals surface area contributed by atoms with Crippen LogP contribution in [-0.2, 0) is 9.59 Å². The number of rotatable bonds is 4. The van der Waals surface area contributed by atoms with E-state index in [1.807, 2.05) is 6.07 Å². The molecular formula is C16H21N3O3. The molecule has 3 rings (SSSR count). The molecule has 2 aliphatic heterocycles. The summed E-state index contributed by atoms with van der Waals surface area (Å²) < 4.78 is 5.35. The van der Waals surface area contributed by atoms with Crippen molar-refractivity contribution in [2.45, 2.75) is 31.7 Å². The van der Waals surface area contributed by atoms with E-state index >= 15 is 0 Å². The average Bonchev–Trinajstić information content (AvgIpc) is 3.18. The molecule has 2 aliphatic rings. The summed E-state index contributed by atoms with van der Waals surface area (Å²) in [5.74, 6) is 0.716. The van der Waals surface area contributed by atoms with Crippen LogP contribution in [0.1, 0.15) is 25.7 Å². The molecule has 6 heteroatoms. The zero-order valence-electron chi connectivity index (χ0n) is 12.7. The van der Waals surface area contributed by atoms with Crippen LogP contribution in [0.3, 0.4) is 0 Å². The summed E-state index contributed by atoms with van der Waals surface area (Å²) in [4.78, 5) is 25.9. The van der Waals surface area contributed by atoms with Crippen LogP contribution >= 0.6 is 0 Å². The van der Waals surface area contributed by atoms with Gasteiger partial charge in [-0.25, -0.2) is 0 Å². The van der Waals surface area contributed by atoms with Gasteiger partial charge >= 0.3 is 0 Å². The van der Waals surface area contributed by atoms with E-state index in [2.05, 4.69) is 10.6 Å². The second-order valence-corrected chi connectivity index (χ2v) is 5.67. The van der Waals surface area contributed by atoms with Crippen LogP contribution < -0.4 is 20.3 Å². The fourth-order valence-corrected chi connectivity index (χ4v) is 3.02. The lowest BCUT2D eigenvalue weighted by Gasteiger charge is -2.20. The quantitative estimate of drug-likeness (QED) is 0.884. The standard InChI is InChI=1S/C16H21N3O3/c1-22-14-7-6-11(18-16(21)12-4-2-8-17-12)10-13(14)19-9-3-5-15(19)20/h6-7,10,12,17H,2-5,8-9H2,1H3,(H,18,21). The highest BCUT2D eigenvalue weighted by Gasteiger charge is 2.26. The molecule has 118 valence electrons. The number of ether oxygens (including phenoxy) is 1. The molecule has 1 unspecified atom stereocenters. The molecule has 0 aliphatic carbocycles. The number of hydrogen-bond acceptors (Lipinski definition) is 4. The van der Waals surface area contributed by atoms with Gasteiger partial charge in [0.1, 0.15) is 5.75 Å². The highest BCUT2D eigenvalue weighted by molar-refractivity contribution is 5.99. The lowest BCUT2D eigenvalue weighted by Crippen LogP contribution is -2.35. The predicted molar refractivity (Wildman–Crippen MR) is 84.2 cm³/mol. The van der Waals surface area contributed by atoms with Crippen LogP contribution in [-0.4, -0.2) is 38.1 Å². The third-order valence-electron chi connectivity index (χ3n) is 4.19. The van der Waals surface area contributed by atoms with Crippen molar-refractivity contribution in [2.24, 2.45) is 0 Å². The van der Waals surface area contributed by atoms with Crippen molar-refractivity contribution in [1.29, 1.82) is 0 Å². The molecule has 0 spiro atoms. The zero-order valence-corrected chi connectivity index (χ0v) is 12.7. The third kappa shape index (κ3) is 2.92. The Bertz CT molecular complexity index is 582. The van der Waals surface area contributed by atoms with Crippen LogP contribution in [0.25, 0.3) is 0 Å². The molecule has 2 amide bonds. The van der Waals surface area contributed by atoms with Gasteiger partial charge in [0.2, 0.25) is 11.8 Å². The number of nitrogens with one attached hydrogen (secondary N) is 2. The first-order valence-electron chi connectivity index (χ1n) is 7.71. The van der Waals surface area contributed by atoms with E-state index in [0.29, 0.717) is 24.4 Å². The van der Waals surface area contributed by atoms with E-state index < -0.39 is 0 Å². The van der Waals surface area contributed by atoms with Crippen LogP contribution in [0.4, 0.5) is 11.4 Å². The molecule has 2 saturated heterocycles. The number of benzene rings is 1. The van der Waals surface area contributed by atoms with Gasteiger partial charge in [-0.15, -0.1) is 0 Å². The van der Waals surface area contributed by atoms with Crippen molar-refractivity contribution in [2.75, 3.05) is 30.4 Å². The van der Waals surface area contributed by atoms with Crippen LogP contribution in [0.5, 0.6) is 5.75 Å². The first kappa shape index (κ1) is 14.8. The molecule has 0 saturated carbocycles. The predicted octanol–water partition coefficient (Wildman–Crippen LogP) is 1.51. The van der Waals surface area contributed by atoms with Crippen molar-refractivity contribution in [1.82, 2.24) is 5.32 Å². The number of anilines is 2. The smallest absolute Gasteiger partial charge is 0.241 e. The molecule has 0 radical (unpaired) electrons. The Morgan fingerprint density at radius 2 is 2.27 bits per heavy atom. The topological polar surface area (TPSA) is 70.7 Å². The monoisotopic (exact) mass is 303 g/mol. The number of nitrogens with zero attached hydrogens (tertiary/aromatic N) is 1. The zero-order chi connectivity index (χ0) is 15.5. The number of amides is 2. The summed E-state index contributed by atoms with van der Waals surface area (Å²) in [6, 6.07) is 5.28. The van der Waals surface area contributed by atoms with Crippen LogP contribution in [0.2, 0.25) is 0 Å². The van der Waals surface area contributed by atoms with Gasteiger partial charge < -0.3 is 20.3 Å². The summed E-state index contributed by atoms with van der Waals surface area (Å²) in [7, 11) is 1.58. The highest BCUT2D eigenvalue weighted by atomic mass is 16.5. The summed E-state index contributed by atoms with van der Waals surface area (Å²) >= 11 is 0. The van der Waals surface area contributed by atoms with E-state index in [1.54, 1.807) is 24.1 Å². The fraction of sp³-hybridized carbons (Fsp3) is 0.500. The molecule has 2 N–H and O–H groups in total. The highest BCUT2D eigenvalue weighted by Crippen LogP contribution is 2.34. The second-order valence-electron chi connectivity index (χ2n) is 5.67. The first-order chi connectivity index (χ1) is 10.7. The van der Waals surface area contributed by atoms with E-state index in [1.165, 1.54) is 0 Å². The Kier molecular flexibility index (Phi) is 4.29. The molecule has 2 heterocycles. The van der Waals surface area contributed by atoms with E-state index in [9.17, 15) is 9.59 Å². The molecule has 6 nitrogen and oxygen atoms in total. The van der Waals surface area contributed by atoms with Gasteiger partial charge in [-0.2, -0.15) is 0 Å². The van der Waals surface area contributed by atoms with Crippen molar-refractivity contribution < 1.29 is 14.3 Å². The minimum absolute atomic E-state index is 0.0265. The van der Waals surface area contributed by atoms with E-state index in [0.717, 1.165) is 31.5 Å². The van der Waals surface area contributed by atoms with Crippen molar-refractivity contribution >= 4 is 23.2 Å². The van der Waals surface area contributed by atoms with E-state index in [4.69, 9.17) is 4.74 Å². The Hall–Kier alpha value is -2.08. The van der Waals surface area contributed by atoms with Crippen molar-refractivity contribution in [3.8, 4) is 5.75 Å². The van der Waals surface area contributed by atoms with Crippen LogP contribution in [0.15, 0.2) is 18.2 Å². The molecular weight excluding hydrogens is 282 g/mol. The first-order valence-corrected chi connectivity index (χ1v) is 7.71. The van der Waals surface area contributed by atoms with Gasteiger partial charge in [0.05, 0.1) is 18.8 Å². The lowest BCUT2D eigenvalue weighted by atomic mass is 10.2. The van der Waals surface area contributed by atoms with Gasteiger partial charge in [0.15, 0.2) is 0 Å². The lowest BCUT2D eigenvalue weighted by molar-refractivity contribution is -0.118. The SMILES string of the molecule is COc1ccc(NC(=O)C2CCCN2)cc1N1CCCC1=O. The molecule has 0 bridgehead atoms. The minimum Gasteiger partial charge on any atom is -0.495 e. The summed E-state index contributed by atoms with van der Waals surface area (Å²) in [6.07, 6.45) is 3.30. The van der Waals surface area contributed by atoms with Gasteiger partial charge in [0, 0.05) is 18.7 Å². The van der Waals surface area contributed by atoms with Gasteiger partial charge in [0.25, 0.3) is 0 Å². The maximum absolute atomic E-state index is 12.2. The maximum Gasteiger partial charge on any atom is 0.241 e. The molecule has 1 aromatic carbocycles. The second kappa shape index (κ2) is 6.36. The molecule has 22 heavy (non-hydrogen) atoms. The average molecular weight is 303 g/mol. The van der Waals surface area contributed by atoms with Crippen molar-refractivity contribution in [3.05, 3.63) is 18.2 Å². The minimum atomic E-state index is -0.126. The third-order valence-corrected chi connectivity index (χ3v) is 4.19. The van der Waals surface area contributed by atoms with E-state index in [-0.39, 0.29) is 17.9 Å². The molecule has 1 atom stereocenters. The normalized spacial score (nSPS) is 21.2. The Morgan fingerprint density at radius 1 is 1.41 bits per heavy atom. The van der Waals surface area contributed by atoms with Crippen molar-refractivity contribution in [3.63, 3.8) is 0 Å². The summed E-state index contributed by atoms with van der Waals surface area (Å²) in [5.41, 5.74) is 1.41. The fourth-order valence-electron chi connectivity index (χ4n) is 3.02. The summed E-state index contributed by atoms with van der Waals surface area (Å²) in [5, 5.41) is 6.09. The Labute approximate surface area is 129 Å². The maximum atomic E-state index is 12.2. The van der Waals surface area contributed by atoms with Gasteiger partial charge in [-0.3, -0.25) is 9.59 Å². The largest absolute Gasteiger partial charge is 0.495 e. The van der Waals surface area contributed by atoms with Crippen LogP contribution in [0, 0.1) is 0 Å². The molecule has 1 aromatic rings. The Morgan fingerprint density at radius 3 is 2.91 bits per heavy atom. The van der Waals surface area contributed by atoms with Gasteiger partial charge in [-0.1, -0.05) is 0 Å². The summed E-state index contributed by atoms with van der Waals surface area (Å²) in [6.45, 7) is 1.57. The number of methoxy groups -OCH3 is 1. The molecule has 0 aromatic heterocycles. The number of hydrogen-bond donors (Lipinski definition) is 2. The number of carbonyl (C=O) groups excluding carboxylic acids is 2.